The van der Waals surface area contributed by atoms with Crippen LogP contribution < -0.4 is 10.6 Å². The number of nitrogens with zero attached hydrogens (tertiary/aromatic N) is 1. The lowest BCUT2D eigenvalue weighted by molar-refractivity contribution is -0.137. The van der Waals surface area contributed by atoms with Crippen LogP contribution in [0, 0.1) is 0 Å². The quantitative estimate of drug-likeness (QED) is 0.771. The highest BCUT2D eigenvalue weighted by Gasteiger charge is 2.31. The first-order chi connectivity index (χ1) is 12.8. The van der Waals surface area contributed by atoms with E-state index in [-0.39, 0.29) is 22.4 Å². The SMILES string of the molecule is O=C(Nc1cc(C(F)(F)F)ccc1Cl)c1ccc(NCC2CCCO2)nc1. The number of alkyl halides is 3. The van der Waals surface area contributed by atoms with Crippen molar-refractivity contribution < 1.29 is 22.7 Å². The van der Waals surface area contributed by atoms with E-state index >= 15 is 0 Å². The Morgan fingerprint density at radius 3 is 2.74 bits per heavy atom. The van der Waals surface area contributed by atoms with Crippen LogP contribution >= 0.6 is 11.6 Å². The summed E-state index contributed by atoms with van der Waals surface area (Å²) in [6.07, 6.45) is -1.00. The molecule has 5 nitrogen and oxygen atoms in total. The fourth-order valence-corrected chi connectivity index (χ4v) is 2.81. The highest BCUT2D eigenvalue weighted by molar-refractivity contribution is 6.34. The summed E-state index contributed by atoms with van der Waals surface area (Å²) in [7, 11) is 0. The lowest BCUT2D eigenvalue weighted by Gasteiger charge is -2.13. The number of amides is 1. The van der Waals surface area contributed by atoms with Gasteiger partial charge in [0.15, 0.2) is 0 Å². The van der Waals surface area contributed by atoms with Gasteiger partial charge in [0.1, 0.15) is 5.82 Å². The molecule has 0 spiro atoms. The Labute approximate surface area is 158 Å². The summed E-state index contributed by atoms with van der Waals surface area (Å²) in [6, 6.07) is 5.90. The van der Waals surface area contributed by atoms with Gasteiger partial charge in [0.05, 0.1) is 27.9 Å². The van der Waals surface area contributed by atoms with Crippen LogP contribution in [0.25, 0.3) is 0 Å². The van der Waals surface area contributed by atoms with Gasteiger partial charge >= 0.3 is 6.18 Å². The Morgan fingerprint density at radius 1 is 1.30 bits per heavy atom. The molecule has 0 radical (unpaired) electrons. The zero-order valence-corrected chi connectivity index (χ0v) is 14.9. The number of aromatic nitrogens is 1. The number of pyridine rings is 1. The van der Waals surface area contributed by atoms with Crippen LogP contribution in [0.2, 0.25) is 5.02 Å². The number of hydrogen-bond acceptors (Lipinski definition) is 4. The van der Waals surface area contributed by atoms with Crippen molar-refractivity contribution in [2.75, 3.05) is 23.8 Å². The minimum atomic E-state index is -4.53. The third-order valence-electron chi connectivity index (χ3n) is 4.10. The second kappa shape index (κ2) is 8.14. The van der Waals surface area contributed by atoms with Crippen molar-refractivity contribution in [2.45, 2.75) is 25.1 Å². The molecule has 1 aromatic heterocycles. The summed E-state index contributed by atoms with van der Waals surface area (Å²) in [4.78, 5) is 16.4. The van der Waals surface area contributed by atoms with Gasteiger partial charge in [0.2, 0.25) is 0 Å². The Balaban J connectivity index is 1.64. The van der Waals surface area contributed by atoms with Crippen molar-refractivity contribution in [1.29, 1.82) is 0 Å². The zero-order valence-electron chi connectivity index (χ0n) is 14.1. The molecule has 1 unspecified atom stereocenters. The summed E-state index contributed by atoms with van der Waals surface area (Å²) in [6.45, 7) is 1.38. The van der Waals surface area contributed by atoms with E-state index in [1.165, 1.54) is 12.3 Å². The number of anilines is 2. The summed E-state index contributed by atoms with van der Waals surface area (Å²) in [5, 5.41) is 5.52. The third kappa shape index (κ3) is 5.11. The van der Waals surface area contributed by atoms with E-state index in [1.54, 1.807) is 6.07 Å². The Kier molecular flexibility index (Phi) is 5.86. The predicted molar refractivity (Wildman–Crippen MR) is 96.1 cm³/mol. The molecule has 0 aliphatic carbocycles. The lowest BCUT2D eigenvalue weighted by Crippen LogP contribution is -2.19. The Morgan fingerprint density at radius 2 is 2.11 bits per heavy atom. The van der Waals surface area contributed by atoms with E-state index in [2.05, 4.69) is 15.6 Å². The molecule has 144 valence electrons. The van der Waals surface area contributed by atoms with Crippen molar-refractivity contribution in [3.63, 3.8) is 0 Å². The number of carbonyl (C=O) groups excluding carboxylic acids is 1. The van der Waals surface area contributed by atoms with Crippen LogP contribution in [0.15, 0.2) is 36.5 Å². The smallest absolute Gasteiger partial charge is 0.376 e. The number of benzene rings is 1. The van der Waals surface area contributed by atoms with E-state index in [4.69, 9.17) is 16.3 Å². The topological polar surface area (TPSA) is 63.2 Å². The molecule has 2 N–H and O–H groups in total. The molecular formula is C18H17ClF3N3O2. The minimum absolute atomic E-state index is 0.0131. The maximum absolute atomic E-state index is 12.8. The molecule has 2 heterocycles. The highest BCUT2D eigenvalue weighted by atomic mass is 35.5. The van der Waals surface area contributed by atoms with Crippen LogP contribution in [-0.2, 0) is 10.9 Å². The van der Waals surface area contributed by atoms with Gasteiger partial charge in [-0.05, 0) is 43.2 Å². The first-order valence-electron chi connectivity index (χ1n) is 8.32. The molecule has 1 amide bonds. The summed E-state index contributed by atoms with van der Waals surface area (Å²) >= 11 is 5.89. The van der Waals surface area contributed by atoms with Gasteiger partial charge < -0.3 is 15.4 Å². The fraction of sp³-hybridized carbons (Fsp3) is 0.333. The average molecular weight is 400 g/mol. The van der Waals surface area contributed by atoms with E-state index in [0.29, 0.717) is 12.4 Å². The van der Waals surface area contributed by atoms with E-state index in [0.717, 1.165) is 37.6 Å². The van der Waals surface area contributed by atoms with Gasteiger partial charge in [-0.25, -0.2) is 4.98 Å². The Bertz CT molecular complexity index is 806. The maximum Gasteiger partial charge on any atom is 0.416 e. The molecule has 1 atom stereocenters. The van der Waals surface area contributed by atoms with Gasteiger partial charge in [-0.15, -0.1) is 0 Å². The summed E-state index contributed by atoms with van der Waals surface area (Å²) in [5.74, 6) is -0.0199. The molecule has 3 rings (SSSR count). The normalized spacial score (nSPS) is 17.0. The van der Waals surface area contributed by atoms with Gasteiger partial charge in [-0.3, -0.25) is 4.79 Å². The van der Waals surface area contributed by atoms with E-state index in [9.17, 15) is 18.0 Å². The zero-order chi connectivity index (χ0) is 19.4. The van der Waals surface area contributed by atoms with Crippen LogP contribution in [0.1, 0.15) is 28.8 Å². The van der Waals surface area contributed by atoms with Gasteiger partial charge in [0, 0.05) is 19.3 Å². The molecule has 2 aromatic rings. The fourth-order valence-electron chi connectivity index (χ4n) is 2.65. The number of halogens is 4. The second-order valence-corrected chi connectivity index (χ2v) is 6.50. The van der Waals surface area contributed by atoms with Gasteiger partial charge in [-0.2, -0.15) is 13.2 Å². The van der Waals surface area contributed by atoms with Crippen LogP contribution in [0.5, 0.6) is 0 Å². The number of nitrogens with one attached hydrogen (secondary N) is 2. The van der Waals surface area contributed by atoms with Crippen molar-refractivity contribution in [2.24, 2.45) is 0 Å². The second-order valence-electron chi connectivity index (χ2n) is 6.09. The molecule has 1 aromatic carbocycles. The Hall–Kier alpha value is -2.32. The molecule has 1 aliphatic rings. The van der Waals surface area contributed by atoms with Gasteiger partial charge in [0.25, 0.3) is 5.91 Å². The van der Waals surface area contributed by atoms with Crippen molar-refractivity contribution in [3.05, 3.63) is 52.7 Å². The van der Waals surface area contributed by atoms with Crippen molar-refractivity contribution in [3.8, 4) is 0 Å². The van der Waals surface area contributed by atoms with Crippen molar-refractivity contribution >= 4 is 29.0 Å². The maximum atomic E-state index is 12.8. The van der Waals surface area contributed by atoms with Crippen LogP contribution in [0.4, 0.5) is 24.7 Å². The highest BCUT2D eigenvalue weighted by Crippen LogP contribution is 2.34. The first-order valence-corrected chi connectivity index (χ1v) is 8.70. The number of carbonyl (C=O) groups is 1. The number of rotatable bonds is 5. The molecule has 27 heavy (non-hydrogen) atoms. The molecular weight excluding hydrogens is 383 g/mol. The molecule has 0 bridgehead atoms. The first kappa shape index (κ1) is 19.4. The van der Waals surface area contributed by atoms with Crippen LogP contribution in [-0.4, -0.2) is 30.1 Å². The lowest BCUT2D eigenvalue weighted by atomic mass is 10.2. The monoisotopic (exact) mass is 399 g/mol. The van der Waals surface area contributed by atoms with Gasteiger partial charge in [-0.1, -0.05) is 11.6 Å². The number of hydrogen-bond donors (Lipinski definition) is 2. The minimum Gasteiger partial charge on any atom is -0.376 e. The average Bonchev–Trinajstić information content (AvgIpc) is 3.15. The standard InChI is InChI=1S/C18H17ClF3N3O2/c19-14-5-4-12(18(20,21)22)8-15(14)25-17(26)11-3-6-16(23-9-11)24-10-13-2-1-7-27-13/h3-6,8-9,13H,1-2,7,10H2,(H,23,24)(H,25,26). The molecule has 1 aliphatic heterocycles. The molecule has 1 fully saturated rings. The largest absolute Gasteiger partial charge is 0.416 e. The van der Waals surface area contributed by atoms with Crippen LogP contribution in [0.3, 0.4) is 0 Å². The van der Waals surface area contributed by atoms with E-state index in [1.807, 2.05) is 0 Å². The molecule has 0 saturated carbocycles. The third-order valence-corrected chi connectivity index (χ3v) is 4.43. The predicted octanol–water partition coefficient (Wildman–Crippen LogP) is 4.60. The molecule has 1 saturated heterocycles. The van der Waals surface area contributed by atoms with E-state index < -0.39 is 17.6 Å². The molecule has 9 heteroatoms. The summed E-state index contributed by atoms with van der Waals surface area (Å²) < 4.78 is 43.9. The summed E-state index contributed by atoms with van der Waals surface area (Å²) in [5.41, 5.74) is -0.808. The van der Waals surface area contributed by atoms with Crippen molar-refractivity contribution in [1.82, 2.24) is 4.98 Å². The number of ether oxygens (including phenoxy) is 1.